The molecule has 100 heavy (non-hydrogen) atoms. The van der Waals surface area contributed by atoms with Crippen LogP contribution in [-0.4, -0.2) is 71.1 Å². The van der Waals surface area contributed by atoms with Crippen molar-refractivity contribution in [1.82, 2.24) is 0 Å². The van der Waals surface area contributed by atoms with Crippen molar-refractivity contribution in [2.24, 2.45) is 65.0 Å². The first-order valence-corrected chi connectivity index (χ1v) is 31.6. The fourth-order valence-electron chi connectivity index (χ4n) is 18.9. The van der Waals surface area contributed by atoms with Gasteiger partial charge in [0.2, 0.25) is 47.3 Å². The third-order valence-electron chi connectivity index (χ3n) is 21.1. The van der Waals surface area contributed by atoms with E-state index in [2.05, 4.69) is 0 Å². The smallest absolute Gasteiger partial charge is 0.550 e. The van der Waals surface area contributed by atoms with Gasteiger partial charge in [0.25, 0.3) is 0 Å². The Morgan fingerprint density at radius 2 is 0.400 bits per heavy atom. The number of benzene rings is 2. The molecule has 4 saturated carbocycles. The fourth-order valence-corrected chi connectivity index (χ4v) is 18.9. The number of anilines is 4. The third-order valence-corrected chi connectivity index (χ3v) is 21.1. The Labute approximate surface area is 627 Å². The number of rotatable bonds is 8. The van der Waals surface area contributed by atoms with Gasteiger partial charge in [-0.25, -0.2) is 19.6 Å². The number of piperidine rings is 4. The summed E-state index contributed by atoms with van der Waals surface area (Å²) < 4.78 is 0. The van der Waals surface area contributed by atoms with Gasteiger partial charge in [-0.05, 0) is 139 Å². The number of hydrogen-bond acceptors (Lipinski definition) is 20. The van der Waals surface area contributed by atoms with Gasteiger partial charge in [-0.1, -0.05) is 95.2 Å². The van der Waals surface area contributed by atoms with Crippen LogP contribution in [0.4, 0.5) is 22.7 Å². The second-order valence-electron chi connectivity index (χ2n) is 31.5. The largest absolute Gasteiger partial charge is 1.00 e. The molecule has 4 unspecified atom stereocenters. The normalized spacial score (nSPS) is 33.8. The summed E-state index contributed by atoms with van der Waals surface area (Å²) in [5.74, 6) is -9.48. The van der Waals surface area contributed by atoms with E-state index >= 15 is 0 Å². The second-order valence-corrected chi connectivity index (χ2v) is 31.5. The third kappa shape index (κ3) is 15.6. The Kier molecular flexibility index (Phi) is 28.1. The minimum atomic E-state index is -1.36. The van der Waals surface area contributed by atoms with E-state index in [-0.39, 0.29) is 168 Å². The second kappa shape index (κ2) is 30.9. The molecule has 4 heterocycles. The molecular formula is C72H88Cu4N8O16. The fraction of sp³-hybridized carbons (Fsp3) is 0.611. The van der Waals surface area contributed by atoms with Crippen molar-refractivity contribution in [3.05, 3.63) is 46.5 Å². The van der Waals surface area contributed by atoms with Gasteiger partial charge >= 0.3 is 68.3 Å². The molecule has 8 bridgehead atoms. The zero-order valence-electron chi connectivity index (χ0n) is 60.1. The van der Waals surface area contributed by atoms with Gasteiger partial charge in [0, 0.05) is 117 Å². The summed E-state index contributed by atoms with van der Waals surface area (Å²) in [6.45, 7) is 32.1. The van der Waals surface area contributed by atoms with Crippen LogP contribution in [0, 0.1) is 138 Å². The predicted molar refractivity (Wildman–Crippen MR) is 340 cm³/mol. The predicted octanol–water partition coefficient (Wildman–Crippen LogP) is 6.02. The summed E-state index contributed by atoms with van der Waals surface area (Å²) >= 11 is 0. The van der Waals surface area contributed by atoms with Gasteiger partial charge in [0.05, 0.1) is 47.0 Å². The Morgan fingerprint density at radius 3 is 0.500 bits per heavy atom. The molecule has 4 aliphatic heterocycles. The van der Waals surface area contributed by atoms with Gasteiger partial charge in [0.15, 0.2) is 0 Å². The first-order valence-electron chi connectivity index (χ1n) is 31.6. The van der Waals surface area contributed by atoms with Gasteiger partial charge in [-0.2, -0.15) is 21.0 Å². The van der Waals surface area contributed by atoms with Crippen LogP contribution in [0.5, 0.6) is 0 Å². The van der Waals surface area contributed by atoms with E-state index in [0.717, 1.165) is 19.6 Å². The number of hydrogen-bond donors (Lipinski definition) is 0. The molecule has 24 nitrogen and oxygen atoms in total. The van der Waals surface area contributed by atoms with Gasteiger partial charge in [0.1, 0.15) is 0 Å². The molecule has 0 spiro atoms. The summed E-state index contributed by atoms with van der Waals surface area (Å²) in [7, 11) is 0. The molecule has 8 amide bonds. The number of amides is 8. The van der Waals surface area contributed by atoms with Crippen molar-refractivity contribution in [3.63, 3.8) is 0 Å². The molecule has 0 radical (unpaired) electrons. The van der Waals surface area contributed by atoms with E-state index in [1.807, 2.05) is 0 Å². The molecule has 0 N–H and O–H groups in total. The summed E-state index contributed by atoms with van der Waals surface area (Å²) in [6, 6.07) is 13.5. The van der Waals surface area contributed by atoms with Crippen molar-refractivity contribution in [1.29, 1.82) is 21.0 Å². The van der Waals surface area contributed by atoms with Crippen LogP contribution in [0.2, 0.25) is 0 Å². The van der Waals surface area contributed by atoms with Gasteiger partial charge in [-0.15, -0.1) is 0 Å². The molecule has 8 fully saturated rings. The van der Waals surface area contributed by atoms with Crippen molar-refractivity contribution in [2.45, 2.75) is 216 Å². The Balaban J connectivity index is 0.000000834. The molecule has 2 aromatic rings. The van der Waals surface area contributed by atoms with Crippen LogP contribution in [-0.2, 0) is 126 Å². The van der Waals surface area contributed by atoms with Crippen LogP contribution in [0.3, 0.4) is 0 Å². The average Bonchev–Trinajstić information content (AvgIpc) is 0.726. The van der Waals surface area contributed by atoms with E-state index in [9.17, 15) is 78.0 Å². The topological polar surface area (TPSA) is 405 Å². The molecule has 10 rings (SSSR count). The number of imide groups is 4. The van der Waals surface area contributed by atoms with E-state index in [1.54, 1.807) is 119 Å². The van der Waals surface area contributed by atoms with Crippen LogP contribution >= 0.6 is 0 Å². The number of fused-ring (bicyclic) bond motifs is 8. The first kappa shape index (κ1) is 90.9. The summed E-state index contributed by atoms with van der Waals surface area (Å²) in [6.07, 6.45) is 0.875. The molecule has 2 aromatic carbocycles. The SMILES string of the molecule is CC#N.CC#N.CC#N.CC#N.Cc1cc(C)c(N2C(=O)[C@@]3(C)CC(C)(C(=O)[O-])C[C@](C)(C3)C2=O)cc1N1C(=O)[C@@]2(C)CC(C)(C(=O)[O-])C[C@](C)(C2)C1=O.Cc1cc(C)c(N2C(=O)[C@@]3(C)CC(C)(C(=O)[O-])C[C@](C)(C3)C2=O)cc1N1C(=O)[C@@]2(C)CC(C)(C(=O)[O-])C[C@](C)(C2)C1=O.[Cu+].[Cu+].[Cu+].[Cu+]. The average molecular weight is 1580 g/mol. The van der Waals surface area contributed by atoms with E-state index < -0.39 is 136 Å². The van der Waals surface area contributed by atoms with E-state index in [4.69, 9.17) is 21.0 Å². The zero-order chi connectivity index (χ0) is 74.0. The summed E-state index contributed by atoms with van der Waals surface area (Å²) in [4.78, 5) is 165. The number of nitrogens with zero attached hydrogens (tertiary/aromatic N) is 8. The molecule has 4 saturated heterocycles. The summed E-state index contributed by atoms with van der Waals surface area (Å²) in [5.41, 5.74) is -11.5. The zero-order valence-corrected chi connectivity index (χ0v) is 63.9. The minimum Gasteiger partial charge on any atom is -0.550 e. The number of carboxylic acids is 4. The molecule has 0 aromatic heterocycles. The molecule has 28 heteroatoms. The number of carbonyl (C=O) groups excluding carboxylic acids is 12. The van der Waals surface area contributed by atoms with Crippen molar-refractivity contribution < 1.29 is 146 Å². The number of aliphatic carboxylic acids is 4. The number of carboxylic acid groups (broad SMARTS) is 4. The maximum atomic E-state index is 14.1. The first-order chi connectivity index (χ1) is 43.8. The van der Waals surface area contributed by atoms with Crippen molar-refractivity contribution in [3.8, 4) is 24.3 Å². The van der Waals surface area contributed by atoms with Gasteiger partial charge in [-0.3, -0.25) is 38.4 Å². The molecule has 4 aliphatic carbocycles. The van der Waals surface area contributed by atoms with Crippen LogP contribution in [0.1, 0.15) is 210 Å². The quantitative estimate of drug-likeness (QED) is 0.215. The van der Waals surface area contributed by atoms with Crippen molar-refractivity contribution >= 4 is 93.9 Å². The van der Waals surface area contributed by atoms with Crippen LogP contribution in [0.25, 0.3) is 0 Å². The van der Waals surface area contributed by atoms with E-state index in [0.29, 0.717) is 22.3 Å². The maximum Gasteiger partial charge on any atom is 1.00 e. The monoisotopic (exact) mass is 1570 g/mol. The number of aryl methyl sites for hydroxylation is 4. The Hall–Kier alpha value is -7.08. The molecule has 8 aliphatic rings. The molecular weight excluding hydrogens is 1490 g/mol. The molecule has 12 atom stereocenters. The molecule has 556 valence electrons. The Morgan fingerprint density at radius 1 is 0.290 bits per heavy atom. The van der Waals surface area contributed by atoms with E-state index in [1.165, 1.54) is 67.5 Å². The Bertz CT molecular complexity index is 3320. The van der Waals surface area contributed by atoms with Crippen molar-refractivity contribution in [2.75, 3.05) is 19.6 Å². The maximum absolute atomic E-state index is 14.1. The number of carbonyl (C=O) groups is 12. The van der Waals surface area contributed by atoms with Crippen LogP contribution in [0.15, 0.2) is 24.3 Å². The minimum absolute atomic E-state index is 0. The number of nitriles is 4. The standard InChI is InChI=1S/2C32H40N2O8.4C2H3N.4Cu/c2*1-17-9-18(2)20(34-23(37)29(5)12-30(6,24(34)38)16-32(8,15-29)26(41)42)10-19(17)33-21(35)27(3)11-28(4,22(33)36)14-31(7,13-27)25(39)40;4*1-2-3;;;;/h2*9-10H,11-16H2,1-8H3,(H,39,40)(H,41,42);4*1H3;;;;/q;;;;;;4*+1/p-4/t2*27-,28+,29-,30+,31?,32?;;;;;;;;. The summed E-state index contributed by atoms with van der Waals surface area (Å²) in [5, 5.41) is 77.6. The van der Waals surface area contributed by atoms with Gasteiger partial charge < -0.3 is 39.6 Å². The van der Waals surface area contributed by atoms with Crippen LogP contribution < -0.4 is 40.0 Å².